The Hall–Kier alpha value is -0.900. The fourth-order valence-electron chi connectivity index (χ4n) is 4.36. The first-order valence-electron chi connectivity index (χ1n) is 7.85. The number of ketones is 1. The number of ether oxygens (including phenoxy) is 1. The minimum absolute atomic E-state index is 0.0744. The Morgan fingerprint density at radius 1 is 1.25 bits per heavy atom. The molecule has 4 nitrogen and oxygen atoms in total. The third kappa shape index (κ3) is 1.92. The normalized spacial score (nSPS) is 39.0. The molecule has 0 aromatic rings. The number of nitrogens with zero attached hydrogens (tertiary/aromatic N) is 1. The van der Waals surface area contributed by atoms with Crippen LogP contribution in [-0.4, -0.2) is 35.0 Å². The quantitative estimate of drug-likeness (QED) is 0.692. The van der Waals surface area contributed by atoms with Crippen LogP contribution in [0.2, 0.25) is 0 Å². The molecule has 3 rings (SSSR count). The predicted molar refractivity (Wildman–Crippen MR) is 75.0 cm³/mol. The first-order valence-corrected chi connectivity index (χ1v) is 7.85. The lowest BCUT2D eigenvalue weighted by molar-refractivity contribution is -0.151. The van der Waals surface area contributed by atoms with Crippen molar-refractivity contribution < 1.29 is 14.3 Å². The van der Waals surface area contributed by atoms with Crippen molar-refractivity contribution in [3.05, 3.63) is 0 Å². The van der Waals surface area contributed by atoms with Crippen LogP contribution in [0.25, 0.3) is 0 Å². The van der Waals surface area contributed by atoms with Gasteiger partial charge in [-0.25, -0.2) is 4.79 Å². The van der Waals surface area contributed by atoms with E-state index in [0.29, 0.717) is 18.6 Å². The molecule has 3 aliphatic rings. The van der Waals surface area contributed by atoms with Gasteiger partial charge in [0, 0.05) is 24.8 Å². The second-order valence-electron chi connectivity index (χ2n) is 7.68. The number of hydrogen-bond acceptors (Lipinski definition) is 4. The van der Waals surface area contributed by atoms with E-state index in [4.69, 9.17) is 4.74 Å². The van der Waals surface area contributed by atoms with Gasteiger partial charge in [-0.15, -0.1) is 0 Å². The largest absolute Gasteiger partial charge is 0.444 e. The van der Waals surface area contributed by atoms with Gasteiger partial charge in [0.25, 0.3) is 0 Å². The van der Waals surface area contributed by atoms with Gasteiger partial charge in [0.15, 0.2) is 6.23 Å². The maximum atomic E-state index is 12.7. The lowest BCUT2D eigenvalue weighted by Crippen LogP contribution is -2.54. The van der Waals surface area contributed by atoms with Crippen LogP contribution >= 0.6 is 0 Å². The van der Waals surface area contributed by atoms with Crippen molar-refractivity contribution >= 4 is 11.8 Å². The Morgan fingerprint density at radius 2 is 2.00 bits per heavy atom. The van der Waals surface area contributed by atoms with E-state index >= 15 is 0 Å². The zero-order valence-corrected chi connectivity index (χ0v) is 12.8. The molecule has 0 aromatic carbocycles. The standard InChI is InChI=1S/C16H25NO3/c1-15(2,3)13-17-9-5-8-16(17,14(19)20-13)11-6-4-7-12(18)10-11/h11,13H,4-10H2,1-3H3. The van der Waals surface area contributed by atoms with Gasteiger partial charge in [0.05, 0.1) is 0 Å². The number of hydrogen-bond donors (Lipinski definition) is 0. The van der Waals surface area contributed by atoms with Crippen LogP contribution in [0.15, 0.2) is 0 Å². The summed E-state index contributed by atoms with van der Waals surface area (Å²) in [6.45, 7) is 7.26. The molecule has 112 valence electrons. The van der Waals surface area contributed by atoms with Crippen LogP contribution in [0, 0.1) is 11.3 Å². The zero-order valence-electron chi connectivity index (χ0n) is 12.8. The lowest BCUT2D eigenvalue weighted by Gasteiger charge is -2.40. The molecule has 2 aliphatic heterocycles. The Bertz CT molecular complexity index is 439. The third-order valence-electron chi connectivity index (χ3n) is 5.22. The molecule has 4 heteroatoms. The topological polar surface area (TPSA) is 46.6 Å². The van der Waals surface area contributed by atoms with E-state index in [2.05, 4.69) is 25.7 Å². The van der Waals surface area contributed by atoms with Crippen LogP contribution in [0.4, 0.5) is 0 Å². The number of fused-ring (bicyclic) bond motifs is 1. The van der Waals surface area contributed by atoms with Crippen molar-refractivity contribution in [3.63, 3.8) is 0 Å². The van der Waals surface area contributed by atoms with Gasteiger partial charge in [-0.3, -0.25) is 9.69 Å². The average molecular weight is 279 g/mol. The monoisotopic (exact) mass is 279 g/mol. The fourth-order valence-corrected chi connectivity index (χ4v) is 4.36. The SMILES string of the molecule is CC(C)(C)C1OC(=O)C2(C3CCCC(=O)C3)CCCN12. The van der Waals surface area contributed by atoms with Crippen molar-refractivity contribution in [3.8, 4) is 0 Å². The third-order valence-corrected chi connectivity index (χ3v) is 5.22. The second-order valence-corrected chi connectivity index (χ2v) is 7.68. The number of cyclic esters (lactones) is 1. The maximum absolute atomic E-state index is 12.7. The minimum Gasteiger partial charge on any atom is -0.444 e. The summed E-state index contributed by atoms with van der Waals surface area (Å²) in [5.41, 5.74) is -0.589. The molecule has 0 bridgehead atoms. The lowest BCUT2D eigenvalue weighted by atomic mass is 9.72. The molecule has 2 saturated heterocycles. The van der Waals surface area contributed by atoms with Crippen LogP contribution < -0.4 is 0 Å². The van der Waals surface area contributed by atoms with Crippen molar-refractivity contribution in [2.75, 3.05) is 6.54 Å². The highest BCUT2D eigenvalue weighted by molar-refractivity contribution is 5.86. The molecule has 1 saturated carbocycles. The van der Waals surface area contributed by atoms with Gasteiger partial charge in [-0.05, 0) is 31.6 Å². The summed E-state index contributed by atoms with van der Waals surface area (Å²) in [4.78, 5) is 26.8. The highest BCUT2D eigenvalue weighted by Gasteiger charge is 2.63. The van der Waals surface area contributed by atoms with E-state index in [1.807, 2.05) is 0 Å². The first-order chi connectivity index (χ1) is 9.35. The first kappa shape index (κ1) is 14.1. The van der Waals surface area contributed by atoms with E-state index in [1.54, 1.807) is 0 Å². The van der Waals surface area contributed by atoms with Crippen molar-refractivity contribution in [1.82, 2.24) is 4.90 Å². The van der Waals surface area contributed by atoms with Crippen molar-refractivity contribution in [2.24, 2.45) is 11.3 Å². The number of carbonyl (C=O) groups is 2. The average Bonchev–Trinajstić information content (AvgIpc) is 2.89. The molecule has 3 atom stereocenters. The van der Waals surface area contributed by atoms with Crippen molar-refractivity contribution in [2.45, 2.75) is 71.1 Å². The Morgan fingerprint density at radius 3 is 2.65 bits per heavy atom. The van der Waals surface area contributed by atoms with E-state index < -0.39 is 5.54 Å². The van der Waals surface area contributed by atoms with Gasteiger partial charge < -0.3 is 4.74 Å². The van der Waals surface area contributed by atoms with Crippen LogP contribution in [0.3, 0.4) is 0 Å². The smallest absolute Gasteiger partial charge is 0.328 e. The molecule has 3 unspecified atom stereocenters. The molecule has 0 N–H and O–H groups in total. The Labute approximate surface area is 120 Å². The van der Waals surface area contributed by atoms with Crippen LogP contribution in [0.5, 0.6) is 0 Å². The summed E-state index contributed by atoms with van der Waals surface area (Å²) in [5.74, 6) is 0.398. The van der Waals surface area contributed by atoms with E-state index in [-0.39, 0.29) is 23.5 Å². The minimum atomic E-state index is -0.506. The van der Waals surface area contributed by atoms with Crippen LogP contribution in [0.1, 0.15) is 59.3 Å². The van der Waals surface area contributed by atoms with Crippen LogP contribution in [-0.2, 0) is 14.3 Å². The number of rotatable bonds is 1. The number of Topliss-reactive ketones (excluding diaryl/α,β-unsaturated/α-hetero) is 1. The molecule has 3 fully saturated rings. The van der Waals surface area contributed by atoms with Gasteiger partial charge in [-0.1, -0.05) is 20.8 Å². The summed E-state index contributed by atoms with van der Waals surface area (Å²) in [5, 5.41) is 0. The highest BCUT2D eigenvalue weighted by atomic mass is 16.6. The predicted octanol–water partition coefficient (Wildman–Crippen LogP) is 2.51. The van der Waals surface area contributed by atoms with E-state index in [0.717, 1.165) is 32.2 Å². The maximum Gasteiger partial charge on any atom is 0.328 e. The molecular formula is C16H25NO3. The van der Waals surface area contributed by atoms with Gasteiger partial charge >= 0.3 is 5.97 Å². The summed E-state index contributed by atoms with van der Waals surface area (Å²) in [7, 11) is 0. The molecule has 0 aromatic heterocycles. The highest BCUT2D eigenvalue weighted by Crippen LogP contribution is 2.50. The zero-order chi connectivity index (χ0) is 14.5. The summed E-state index contributed by atoms with van der Waals surface area (Å²) in [6, 6.07) is 0. The number of carbonyl (C=O) groups excluding carboxylic acids is 2. The molecule has 0 spiro atoms. The molecular weight excluding hydrogens is 254 g/mol. The Balaban J connectivity index is 1.94. The summed E-state index contributed by atoms with van der Waals surface area (Å²) in [6.07, 6.45) is 4.89. The molecule has 1 aliphatic carbocycles. The number of esters is 1. The van der Waals surface area contributed by atoms with E-state index in [1.165, 1.54) is 0 Å². The summed E-state index contributed by atoms with van der Waals surface area (Å²) >= 11 is 0. The molecule has 0 radical (unpaired) electrons. The Kier molecular flexibility index (Phi) is 3.20. The molecule has 20 heavy (non-hydrogen) atoms. The molecule has 0 amide bonds. The summed E-state index contributed by atoms with van der Waals surface area (Å²) < 4.78 is 5.76. The van der Waals surface area contributed by atoms with E-state index in [9.17, 15) is 9.59 Å². The fraction of sp³-hybridized carbons (Fsp3) is 0.875. The molecule has 2 heterocycles. The van der Waals surface area contributed by atoms with Gasteiger partial charge in [0.1, 0.15) is 11.3 Å². The second kappa shape index (κ2) is 4.55. The van der Waals surface area contributed by atoms with Crippen molar-refractivity contribution in [1.29, 1.82) is 0 Å². The van der Waals surface area contributed by atoms with Gasteiger partial charge in [0.2, 0.25) is 0 Å². The van der Waals surface area contributed by atoms with Gasteiger partial charge in [-0.2, -0.15) is 0 Å².